The van der Waals surface area contributed by atoms with Crippen LogP contribution in [0.1, 0.15) is 69.2 Å². The van der Waals surface area contributed by atoms with E-state index in [0.717, 1.165) is 16.7 Å². The van der Waals surface area contributed by atoms with Crippen LogP contribution in [0.4, 0.5) is 0 Å². The van der Waals surface area contributed by atoms with E-state index in [1.54, 1.807) is 32.6 Å². The number of nitriles is 1. The van der Waals surface area contributed by atoms with Crippen molar-refractivity contribution in [3.05, 3.63) is 153 Å². The minimum atomic E-state index is -1.92. The first-order chi connectivity index (χ1) is 30.0. The van der Waals surface area contributed by atoms with Gasteiger partial charge in [-0.15, -0.1) is 0 Å². The van der Waals surface area contributed by atoms with E-state index in [2.05, 4.69) is 21.0 Å². The van der Waals surface area contributed by atoms with Crippen LogP contribution in [0, 0.1) is 11.3 Å². The van der Waals surface area contributed by atoms with Gasteiger partial charge in [0.2, 0.25) is 5.91 Å². The number of methoxy groups -OCH3 is 2. The SMILES string of the molecule is COc1ccc(C(OC[C@H]2O[C@@H](n3ccc(=O)[nH]c3=O)[C@H](NC(=O)CCc3ccco3)[C@@H]2OP(OCCC#N)N(C(C)C)C(C)C)(c2ccccc2)c2ccc(OC)cc2)cc1. The molecular formula is C46H54N5O10P. The van der Waals surface area contributed by atoms with Gasteiger partial charge in [0.1, 0.15) is 41.1 Å². The van der Waals surface area contributed by atoms with Crippen molar-refractivity contribution in [2.45, 2.75) is 89.1 Å². The summed E-state index contributed by atoms with van der Waals surface area (Å²) in [5.74, 6) is 1.58. The Kier molecular flexibility index (Phi) is 15.9. The number of carbonyl (C=O) groups excluding carboxylic acids is 1. The molecule has 62 heavy (non-hydrogen) atoms. The molecule has 2 N–H and O–H groups in total. The summed E-state index contributed by atoms with van der Waals surface area (Å²) in [6.07, 6.45) is 0.191. The standard InChI is InChI=1S/C46H54N5O10P/c1-31(2)51(32(3)4)62(59-29-11-26-47)61-43-39(60-44(50-27-25-41(53)49-45(50)54)42(43)48-40(52)24-23-38-14-10-28-57-38)30-58-46(33-12-8-7-9-13-33,34-15-19-36(55-5)20-16-34)35-17-21-37(56-6)22-18-35/h7-10,12-22,25,27-28,31-32,39,42-44H,11,23-24,29-30H2,1-6H3,(H,48,52)(H,49,53,54)/t39-,42-,43-,44-,62?/m1/s1. The molecule has 6 rings (SSSR count). The maximum absolute atomic E-state index is 14.0. The number of aromatic nitrogens is 2. The van der Waals surface area contributed by atoms with Crippen LogP contribution in [0.3, 0.4) is 0 Å². The van der Waals surface area contributed by atoms with Crippen LogP contribution in [0.25, 0.3) is 0 Å². The van der Waals surface area contributed by atoms with Crippen molar-refractivity contribution >= 4 is 14.4 Å². The maximum atomic E-state index is 14.0. The number of benzene rings is 3. The monoisotopic (exact) mass is 867 g/mol. The zero-order valence-electron chi connectivity index (χ0n) is 35.8. The normalized spacial score (nSPS) is 18.2. The summed E-state index contributed by atoms with van der Waals surface area (Å²) < 4.78 is 47.5. The molecule has 328 valence electrons. The van der Waals surface area contributed by atoms with Gasteiger partial charge >= 0.3 is 5.69 Å². The number of hydrogen-bond donors (Lipinski definition) is 2. The second-order valence-corrected chi connectivity index (χ2v) is 16.6. The first-order valence-corrected chi connectivity index (χ1v) is 21.6. The molecule has 0 aliphatic carbocycles. The number of aryl methyl sites for hydroxylation is 1. The van der Waals surface area contributed by atoms with Crippen molar-refractivity contribution in [3.63, 3.8) is 0 Å². The van der Waals surface area contributed by atoms with Crippen LogP contribution in [-0.2, 0) is 35.3 Å². The van der Waals surface area contributed by atoms with E-state index in [1.165, 1.54) is 16.8 Å². The molecule has 0 radical (unpaired) electrons. The fourth-order valence-corrected chi connectivity index (χ4v) is 9.43. The highest BCUT2D eigenvalue weighted by Gasteiger charge is 2.51. The molecule has 3 heterocycles. The molecule has 1 fully saturated rings. The highest BCUT2D eigenvalue weighted by molar-refractivity contribution is 7.44. The number of carbonyl (C=O) groups is 1. The van der Waals surface area contributed by atoms with Gasteiger partial charge in [0, 0.05) is 37.2 Å². The van der Waals surface area contributed by atoms with Gasteiger partial charge in [0.15, 0.2) is 6.23 Å². The molecule has 16 heteroatoms. The van der Waals surface area contributed by atoms with Gasteiger partial charge in [-0.05, 0) is 80.8 Å². The third-order valence-corrected chi connectivity index (χ3v) is 12.6. The molecule has 0 spiro atoms. The van der Waals surface area contributed by atoms with E-state index >= 15 is 0 Å². The molecule has 2 aromatic heterocycles. The van der Waals surface area contributed by atoms with Crippen molar-refractivity contribution in [2.24, 2.45) is 0 Å². The molecule has 1 unspecified atom stereocenters. The van der Waals surface area contributed by atoms with Crippen LogP contribution in [-0.4, -0.2) is 77.9 Å². The van der Waals surface area contributed by atoms with E-state index in [4.69, 9.17) is 32.4 Å². The largest absolute Gasteiger partial charge is 0.497 e. The van der Waals surface area contributed by atoms with Gasteiger partial charge in [-0.25, -0.2) is 9.46 Å². The lowest BCUT2D eigenvalue weighted by Gasteiger charge is -2.39. The first-order valence-electron chi connectivity index (χ1n) is 20.5. The Morgan fingerprint density at radius 2 is 1.53 bits per heavy atom. The minimum absolute atomic E-state index is 0.0503. The third kappa shape index (κ3) is 10.7. The number of hydrogen-bond acceptors (Lipinski definition) is 12. The summed E-state index contributed by atoms with van der Waals surface area (Å²) in [6, 6.07) is 30.7. The summed E-state index contributed by atoms with van der Waals surface area (Å²) in [6.45, 7) is 8.02. The Morgan fingerprint density at radius 3 is 2.08 bits per heavy atom. The molecule has 5 atom stereocenters. The van der Waals surface area contributed by atoms with Crippen LogP contribution in [0.15, 0.2) is 124 Å². The van der Waals surface area contributed by atoms with Crippen LogP contribution >= 0.6 is 8.53 Å². The van der Waals surface area contributed by atoms with Crippen LogP contribution in [0.5, 0.6) is 11.5 Å². The van der Waals surface area contributed by atoms with E-state index in [0.29, 0.717) is 23.7 Å². The lowest BCUT2D eigenvalue weighted by atomic mass is 9.80. The van der Waals surface area contributed by atoms with Crippen molar-refractivity contribution in [1.82, 2.24) is 19.5 Å². The average molecular weight is 868 g/mol. The number of furan rings is 1. The number of amides is 1. The average Bonchev–Trinajstić information content (AvgIpc) is 3.92. The molecular weight excluding hydrogens is 814 g/mol. The molecule has 3 aromatic carbocycles. The van der Waals surface area contributed by atoms with Gasteiger partial charge in [0.25, 0.3) is 14.1 Å². The van der Waals surface area contributed by atoms with E-state index in [1.807, 2.05) is 107 Å². The zero-order chi connectivity index (χ0) is 44.2. The summed E-state index contributed by atoms with van der Waals surface area (Å²) in [7, 11) is 1.29. The van der Waals surface area contributed by atoms with Crippen molar-refractivity contribution < 1.29 is 37.2 Å². The first kappa shape index (κ1) is 45.9. The fourth-order valence-electron chi connectivity index (χ4n) is 7.65. The Morgan fingerprint density at radius 1 is 0.903 bits per heavy atom. The maximum Gasteiger partial charge on any atom is 0.330 e. The number of aromatic amines is 1. The molecule has 1 saturated heterocycles. The highest BCUT2D eigenvalue weighted by atomic mass is 31.2. The third-order valence-electron chi connectivity index (χ3n) is 10.5. The number of ether oxygens (including phenoxy) is 4. The molecule has 15 nitrogen and oxygen atoms in total. The Bertz CT molecular complexity index is 2270. The van der Waals surface area contributed by atoms with Gasteiger partial charge < -0.3 is 37.7 Å². The van der Waals surface area contributed by atoms with Gasteiger partial charge in [-0.1, -0.05) is 54.6 Å². The molecule has 0 bridgehead atoms. The predicted molar refractivity (Wildman–Crippen MR) is 233 cm³/mol. The summed E-state index contributed by atoms with van der Waals surface area (Å²) in [5, 5.41) is 12.6. The topological polar surface area (TPSA) is 180 Å². The summed E-state index contributed by atoms with van der Waals surface area (Å²) >= 11 is 0. The Labute approximate surface area is 362 Å². The quantitative estimate of drug-likeness (QED) is 0.0447. The van der Waals surface area contributed by atoms with Crippen LogP contribution < -0.4 is 26.0 Å². The van der Waals surface area contributed by atoms with E-state index in [-0.39, 0.29) is 44.0 Å². The number of rotatable bonds is 21. The number of nitrogens with one attached hydrogen (secondary N) is 2. The summed E-state index contributed by atoms with van der Waals surface area (Å²) in [4.78, 5) is 42.2. The van der Waals surface area contributed by atoms with Gasteiger partial charge in [-0.2, -0.15) is 5.26 Å². The van der Waals surface area contributed by atoms with Crippen molar-refractivity contribution in [2.75, 3.05) is 27.4 Å². The smallest absolute Gasteiger partial charge is 0.330 e. The lowest BCUT2D eigenvalue weighted by Crippen LogP contribution is -2.50. The number of H-pyrrole nitrogens is 1. The molecule has 1 aliphatic heterocycles. The number of nitrogens with zero attached hydrogens (tertiary/aromatic N) is 3. The zero-order valence-corrected chi connectivity index (χ0v) is 36.7. The summed E-state index contributed by atoms with van der Waals surface area (Å²) in [5.41, 5.74) is -0.260. The molecule has 0 saturated carbocycles. The van der Waals surface area contributed by atoms with Gasteiger partial charge in [0.05, 0.1) is 46.2 Å². The van der Waals surface area contributed by atoms with Crippen molar-refractivity contribution in [3.8, 4) is 17.6 Å². The molecule has 1 amide bonds. The van der Waals surface area contributed by atoms with E-state index in [9.17, 15) is 19.6 Å². The predicted octanol–water partition coefficient (Wildman–Crippen LogP) is 6.83. The van der Waals surface area contributed by atoms with Crippen LogP contribution in [0.2, 0.25) is 0 Å². The molecule has 5 aromatic rings. The second-order valence-electron chi connectivity index (χ2n) is 15.2. The Balaban J connectivity index is 1.49. The highest BCUT2D eigenvalue weighted by Crippen LogP contribution is 2.51. The fraction of sp³-hybridized carbons (Fsp3) is 0.391. The minimum Gasteiger partial charge on any atom is -0.497 e. The molecule has 1 aliphatic rings. The lowest BCUT2D eigenvalue weighted by molar-refractivity contribution is -0.123. The van der Waals surface area contributed by atoms with Gasteiger partial charge in [-0.3, -0.25) is 19.1 Å². The Hall–Kier alpha value is -5.59. The van der Waals surface area contributed by atoms with E-state index < -0.39 is 49.9 Å². The second kappa shape index (κ2) is 21.5. The van der Waals surface area contributed by atoms with Crippen molar-refractivity contribution in [1.29, 1.82) is 5.26 Å².